The molecule has 0 amide bonds. The highest BCUT2D eigenvalue weighted by atomic mass is 31.2. The van der Waals surface area contributed by atoms with Crippen molar-refractivity contribution in [2.45, 2.75) is 477 Å². The van der Waals surface area contributed by atoms with E-state index >= 15 is 0 Å². The minimum atomic E-state index is -4.97. The molecule has 0 spiro atoms. The van der Waals surface area contributed by atoms with Gasteiger partial charge in [-0.1, -0.05) is 408 Å². The predicted octanol–water partition coefficient (Wildman–Crippen LogP) is 26.2. The largest absolute Gasteiger partial charge is 0.472 e. The first kappa shape index (κ1) is 103. The smallest absolute Gasteiger partial charge is 0.462 e. The Labute approximate surface area is 645 Å². The molecule has 3 unspecified atom stereocenters. The second kappa shape index (κ2) is 77.4. The summed E-state index contributed by atoms with van der Waals surface area (Å²) in [7, 11) is -9.92. The average molecular weight is 1540 g/mol. The Morgan fingerprint density at radius 2 is 0.486 bits per heavy atom. The van der Waals surface area contributed by atoms with Crippen molar-refractivity contribution in [1.29, 1.82) is 0 Å². The zero-order valence-corrected chi connectivity index (χ0v) is 70.8. The van der Waals surface area contributed by atoms with Crippen LogP contribution >= 0.6 is 15.6 Å². The number of aliphatic hydroxyl groups is 1. The highest BCUT2D eigenvalue weighted by molar-refractivity contribution is 7.47. The maximum atomic E-state index is 13.1. The lowest BCUT2D eigenvalue weighted by Gasteiger charge is -2.21. The Hall–Kier alpha value is -1.94. The van der Waals surface area contributed by atoms with Crippen LogP contribution in [-0.4, -0.2) is 96.7 Å². The standard InChI is InChI=1S/C86H168O17P2/c1-7-10-12-14-16-18-20-22-23-24-25-26-27-28-33-36-39-43-47-51-59-65-71-86(91)102-81(74-96-83(88)68-62-56-49-45-42-38-35-32-30-29-31-34-37-40-44-48-54-60-66-78(4)5)76-100-104(92,93)98-72-80(87)73-99-105(94,95)101-77-82(75-97-84(89)69-63-57-53-52-55-61-67-79(6)9-3)103-85(90)70-64-58-50-46-41-21-19-17-15-13-11-8-2/h78-82,87H,7-77H2,1-6H3,(H,92,93)(H,94,95)/t79?,80-,81-,82-/m1/s1. The Morgan fingerprint density at radius 3 is 0.724 bits per heavy atom. The van der Waals surface area contributed by atoms with Crippen molar-refractivity contribution in [3.8, 4) is 0 Å². The Kier molecular flexibility index (Phi) is 76.0. The van der Waals surface area contributed by atoms with E-state index in [4.69, 9.17) is 37.0 Å². The highest BCUT2D eigenvalue weighted by Crippen LogP contribution is 2.45. The van der Waals surface area contributed by atoms with Gasteiger partial charge in [-0.15, -0.1) is 0 Å². The zero-order chi connectivity index (χ0) is 77.1. The van der Waals surface area contributed by atoms with E-state index in [2.05, 4.69) is 41.5 Å². The van der Waals surface area contributed by atoms with Crippen molar-refractivity contribution >= 4 is 39.5 Å². The summed E-state index contributed by atoms with van der Waals surface area (Å²) < 4.78 is 68.8. The molecular formula is C86H168O17P2. The van der Waals surface area contributed by atoms with Crippen LogP contribution in [0.2, 0.25) is 0 Å². The summed E-state index contributed by atoms with van der Waals surface area (Å²) >= 11 is 0. The van der Waals surface area contributed by atoms with Gasteiger partial charge in [-0.2, -0.15) is 0 Å². The van der Waals surface area contributed by atoms with Crippen LogP contribution in [0.5, 0.6) is 0 Å². The van der Waals surface area contributed by atoms with Crippen LogP contribution in [0.4, 0.5) is 0 Å². The van der Waals surface area contributed by atoms with Crippen LogP contribution in [0, 0.1) is 11.8 Å². The number of carbonyl (C=O) groups excluding carboxylic acids is 4. The second-order valence-corrected chi connectivity index (χ2v) is 34.6. The minimum Gasteiger partial charge on any atom is -0.462 e. The number of ether oxygens (including phenoxy) is 4. The lowest BCUT2D eigenvalue weighted by molar-refractivity contribution is -0.161. The average Bonchev–Trinajstić information content (AvgIpc) is 0.940. The van der Waals surface area contributed by atoms with E-state index in [1.54, 1.807) is 0 Å². The van der Waals surface area contributed by atoms with Gasteiger partial charge in [0.15, 0.2) is 12.2 Å². The maximum absolute atomic E-state index is 13.1. The molecule has 0 heterocycles. The molecule has 624 valence electrons. The lowest BCUT2D eigenvalue weighted by Crippen LogP contribution is -2.30. The summed E-state index contributed by atoms with van der Waals surface area (Å²) in [6.45, 7) is 9.65. The maximum Gasteiger partial charge on any atom is 0.472 e. The summed E-state index contributed by atoms with van der Waals surface area (Å²) in [5.74, 6) is -0.551. The van der Waals surface area contributed by atoms with E-state index < -0.39 is 97.5 Å². The molecule has 0 aliphatic carbocycles. The van der Waals surface area contributed by atoms with E-state index in [1.807, 2.05) is 0 Å². The molecule has 0 aromatic carbocycles. The quantitative estimate of drug-likeness (QED) is 0.0222. The van der Waals surface area contributed by atoms with E-state index in [9.17, 15) is 43.2 Å². The third kappa shape index (κ3) is 78.5. The number of carbonyl (C=O) groups is 4. The number of rotatable bonds is 85. The highest BCUT2D eigenvalue weighted by Gasteiger charge is 2.30. The van der Waals surface area contributed by atoms with Gasteiger partial charge in [0.2, 0.25) is 0 Å². The van der Waals surface area contributed by atoms with Gasteiger partial charge in [-0.25, -0.2) is 9.13 Å². The van der Waals surface area contributed by atoms with Gasteiger partial charge in [0.25, 0.3) is 0 Å². The number of phosphoric ester groups is 2. The van der Waals surface area contributed by atoms with Crippen LogP contribution in [0.1, 0.15) is 459 Å². The summed E-state index contributed by atoms with van der Waals surface area (Å²) in [6, 6.07) is 0. The summed E-state index contributed by atoms with van der Waals surface area (Å²) in [5.41, 5.74) is 0. The number of hydrogen-bond donors (Lipinski definition) is 3. The van der Waals surface area contributed by atoms with Crippen LogP contribution in [-0.2, 0) is 65.4 Å². The molecule has 0 aromatic rings. The van der Waals surface area contributed by atoms with Crippen LogP contribution in [0.3, 0.4) is 0 Å². The fraction of sp³-hybridized carbons (Fsp3) is 0.953. The number of aliphatic hydroxyl groups excluding tert-OH is 1. The van der Waals surface area contributed by atoms with Crippen molar-refractivity contribution in [1.82, 2.24) is 0 Å². The monoisotopic (exact) mass is 1540 g/mol. The molecule has 0 aromatic heterocycles. The van der Waals surface area contributed by atoms with E-state index in [-0.39, 0.29) is 25.7 Å². The van der Waals surface area contributed by atoms with Crippen LogP contribution < -0.4 is 0 Å². The molecule has 0 aliphatic rings. The Balaban J connectivity index is 5.19. The molecule has 0 radical (unpaired) electrons. The van der Waals surface area contributed by atoms with Crippen molar-refractivity contribution in [3.05, 3.63) is 0 Å². The normalized spacial score (nSPS) is 14.1. The van der Waals surface area contributed by atoms with Gasteiger partial charge >= 0.3 is 39.5 Å². The van der Waals surface area contributed by atoms with Crippen molar-refractivity contribution < 1.29 is 80.2 Å². The van der Waals surface area contributed by atoms with Crippen LogP contribution in [0.25, 0.3) is 0 Å². The molecule has 0 saturated carbocycles. The molecule has 19 heteroatoms. The predicted molar refractivity (Wildman–Crippen MR) is 432 cm³/mol. The van der Waals surface area contributed by atoms with Gasteiger partial charge in [-0.05, 0) is 37.5 Å². The first-order chi connectivity index (χ1) is 50.9. The first-order valence-electron chi connectivity index (χ1n) is 44.5. The van der Waals surface area contributed by atoms with Gasteiger partial charge in [0.1, 0.15) is 19.3 Å². The summed E-state index contributed by atoms with van der Waals surface area (Å²) in [4.78, 5) is 73.1. The number of esters is 4. The summed E-state index contributed by atoms with van der Waals surface area (Å²) in [6.07, 6.45) is 69.7. The third-order valence-electron chi connectivity index (χ3n) is 20.6. The van der Waals surface area contributed by atoms with Gasteiger partial charge < -0.3 is 33.8 Å². The Bertz CT molecular complexity index is 2010. The molecule has 0 aliphatic heterocycles. The first-order valence-corrected chi connectivity index (χ1v) is 47.5. The van der Waals surface area contributed by atoms with Gasteiger partial charge in [0.05, 0.1) is 26.4 Å². The molecule has 0 fully saturated rings. The van der Waals surface area contributed by atoms with Gasteiger partial charge in [0, 0.05) is 25.7 Å². The molecule has 6 atom stereocenters. The van der Waals surface area contributed by atoms with E-state index in [0.29, 0.717) is 25.7 Å². The molecule has 3 N–H and O–H groups in total. The second-order valence-electron chi connectivity index (χ2n) is 31.6. The zero-order valence-electron chi connectivity index (χ0n) is 69.0. The van der Waals surface area contributed by atoms with Crippen molar-refractivity contribution in [2.24, 2.45) is 11.8 Å². The topological polar surface area (TPSA) is 237 Å². The molecule has 0 bridgehead atoms. The fourth-order valence-corrected chi connectivity index (χ4v) is 15.0. The molecule has 0 rings (SSSR count). The summed E-state index contributed by atoms with van der Waals surface area (Å²) in [5, 5.41) is 10.7. The number of phosphoric acid groups is 2. The fourth-order valence-electron chi connectivity index (χ4n) is 13.4. The molecule has 17 nitrogen and oxygen atoms in total. The van der Waals surface area contributed by atoms with E-state index in [1.165, 1.54) is 270 Å². The lowest BCUT2D eigenvalue weighted by atomic mass is 10.00. The molecule has 105 heavy (non-hydrogen) atoms. The van der Waals surface area contributed by atoms with Crippen LogP contribution in [0.15, 0.2) is 0 Å². The number of unbranched alkanes of at least 4 members (excludes halogenated alkanes) is 54. The van der Waals surface area contributed by atoms with Crippen molar-refractivity contribution in [2.75, 3.05) is 39.6 Å². The molecule has 0 saturated heterocycles. The Morgan fingerprint density at radius 1 is 0.276 bits per heavy atom. The minimum absolute atomic E-state index is 0.107. The molecular weight excluding hydrogens is 1370 g/mol. The van der Waals surface area contributed by atoms with Gasteiger partial charge in [-0.3, -0.25) is 37.3 Å². The number of hydrogen-bond acceptors (Lipinski definition) is 15. The van der Waals surface area contributed by atoms with E-state index in [0.717, 1.165) is 108 Å². The van der Waals surface area contributed by atoms with Crippen molar-refractivity contribution in [3.63, 3.8) is 0 Å². The third-order valence-corrected chi connectivity index (χ3v) is 22.5. The SMILES string of the molecule is CCCCCCCCCCCCCCCCCCCCCCCCC(=O)O[C@H](COC(=O)CCCCCCCCCCCCCCCCCCCCC(C)C)COP(=O)(O)OC[C@@H](O)COP(=O)(O)OC[C@@H](COC(=O)CCCCCCCCC(C)CC)OC(=O)CCCCCCCCCCCCCC.